The summed E-state index contributed by atoms with van der Waals surface area (Å²) in [4.78, 5) is 12.2. The van der Waals surface area contributed by atoms with Crippen LogP contribution < -0.4 is 4.74 Å². The Kier molecular flexibility index (Phi) is 6.40. The molecule has 8 heteroatoms. The number of hydrogen-bond acceptors (Lipinski definition) is 3. The van der Waals surface area contributed by atoms with Gasteiger partial charge in [-0.05, 0) is 11.6 Å². The maximum Gasteiger partial charge on any atom is 0.354 e. The molecule has 0 saturated heterocycles. The fourth-order valence-electron chi connectivity index (χ4n) is 1.67. The first-order valence-corrected chi connectivity index (χ1v) is 8.16. The summed E-state index contributed by atoms with van der Waals surface area (Å²) < 4.78 is 5.10. The first-order valence-electron chi connectivity index (χ1n) is 6.27. The minimum Gasteiger partial charge on any atom is -0.419 e. The minimum atomic E-state index is -0.959. The Balaban J connectivity index is 2.40. The summed E-state index contributed by atoms with van der Waals surface area (Å²) in [6, 6.07) is 10.5. The quantitative estimate of drug-likeness (QED) is 0.143. The molecule has 0 radical (unpaired) electrons. The van der Waals surface area contributed by atoms with Crippen molar-refractivity contribution in [3.8, 4) is 11.8 Å². The van der Waals surface area contributed by atoms with E-state index in [0.717, 1.165) is 0 Å². The fraction of sp³-hybridized carbons (Fsp3) is 0. The Hall–Kier alpha value is -1.41. The second kappa shape index (κ2) is 8.11. The van der Waals surface area contributed by atoms with E-state index in [-0.39, 0.29) is 36.4 Å². The SMILES string of the molecule is N#C/C(=C/c1ccccc1)C(=O)Oc1c(Cl)c(Cl)c(Cl)c(Cl)c1Cl. The molecule has 2 rings (SSSR count). The van der Waals surface area contributed by atoms with Crippen LogP contribution in [0.4, 0.5) is 0 Å². The van der Waals surface area contributed by atoms with Gasteiger partial charge in [-0.25, -0.2) is 4.79 Å². The van der Waals surface area contributed by atoms with Crippen molar-refractivity contribution in [3.05, 3.63) is 66.6 Å². The number of nitrogens with zero attached hydrogens (tertiary/aromatic N) is 1. The Labute approximate surface area is 162 Å². The van der Waals surface area contributed by atoms with E-state index in [4.69, 9.17) is 68.0 Å². The van der Waals surface area contributed by atoms with Crippen molar-refractivity contribution >= 4 is 70.1 Å². The van der Waals surface area contributed by atoms with Gasteiger partial charge in [-0.2, -0.15) is 5.26 Å². The summed E-state index contributed by atoms with van der Waals surface area (Å²) >= 11 is 29.7. The molecular weight excluding hydrogens is 415 g/mol. The average Bonchev–Trinajstić information content (AvgIpc) is 2.60. The molecule has 0 atom stereocenters. The van der Waals surface area contributed by atoms with Gasteiger partial charge in [-0.1, -0.05) is 88.3 Å². The fourth-order valence-corrected chi connectivity index (χ4v) is 2.87. The lowest BCUT2D eigenvalue weighted by atomic mass is 10.1. The van der Waals surface area contributed by atoms with E-state index in [1.165, 1.54) is 6.08 Å². The topological polar surface area (TPSA) is 50.1 Å². The Morgan fingerprint density at radius 3 is 1.92 bits per heavy atom. The Bertz CT molecular complexity index is 843. The Morgan fingerprint density at radius 1 is 0.917 bits per heavy atom. The molecule has 2 aromatic carbocycles. The van der Waals surface area contributed by atoms with Crippen LogP contribution in [0.2, 0.25) is 25.1 Å². The van der Waals surface area contributed by atoms with Gasteiger partial charge in [0.1, 0.15) is 21.7 Å². The van der Waals surface area contributed by atoms with E-state index >= 15 is 0 Å². The molecule has 24 heavy (non-hydrogen) atoms. The van der Waals surface area contributed by atoms with E-state index in [1.54, 1.807) is 36.4 Å². The molecule has 0 unspecified atom stereocenters. The molecule has 0 saturated carbocycles. The largest absolute Gasteiger partial charge is 0.419 e. The number of carbonyl (C=O) groups excluding carboxylic acids is 1. The lowest BCUT2D eigenvalue weighted by molar-refractivity contribution is -0.129. The maximum absolute atomic E-state index is 12.2. The number of halogens is 5. The van der Waals surface area contributed by atoms with Crippen LogP contribution >= 0.6 is 58.0 Å². The smallest absolute Gasteiger partial charge is 0.354 e. The van der Waals surface area contributed by atoms with Crippen molar-refractivity contribution in [2.75, 3.05) is 0 Å². The molecule has 0 fully saturated rings. The van der Waals surface area contributed by atoms with Crippen LogP contribution in [0.3, 0.4) is 0 Å². The molecule has 0 spiro atoms. The van der Waals surface area contributed by atoms with Crippen LogP contribution in [0.5, 0.6) is 5.75 Å². The number of rotatable bonds is 3. The van der Waals surface area contributed by atoms with E-state index in [1.807, 2.05) is 0 Å². The van der Waals surface area contributed by atoms with Gasteiger partial charge in [0.25, 0.3) is 0 Å². The lowest BCUT2D eigenvalue weighted by Gasteiger charge is -2.12. The lowest BCUT2D eigenvalue weighted by Crippen LogP contribution is -2.11. The molecule has 3 nitrogen and oxygen atoms in total. The van der Waals surface area contributed by atoms with Crippen LogP contribution in [-0.4, -0.2) is 5.97 Å². The summed E-state index contributed by atoms with van der Waals surface area (Å²) in [5.74, 6) is -1.23. The van der Waals surface area contributed by atoms with Gasteiger partial charge >= 0.3 is 5.97 Å². The van der Waals surface area contributed by atoms with Crippen LogP contribution in [0.1, 0.15) is 5.56 Å². The second-order valence-corrected chi connectivity index (χ2v) is 6.26. The monoisotopic (exact) mass is 419 g/mol. The molecule has 0 heterocycles. The van der Waals surface area contributed by atoms with Crippen molar-refractivity contribution in [3.63, 3.8) is 0 Å². The zero-order valence-corrected chi connectivity index (χ0v) is 15.4. The standard InChI is InChI=1S/C16H6Cl5NO2/c17-10-11(18)13(20)15(14(21)12(10)19)24-16(23)9(7-22)6-8-4-2-1-3-5-8/h1-6H/b9-6-. The van der Waals surface area contributed by atoms with Crippen LogP contribution in [0, 0.1) is 11.3 Å². The highest BCUT2D eigenvalue weighted by Crippen LogP contribution is 2.48. The van der Waals surface area contributed by atoms with Gasteiger partial charge in [0.15, 0.2) is 5.75 Å². The first kappa shape index (κ1) is 18.9. The number of benzene rings is 2. The number of carbonyl (C=O) groups is 1. The highest BCUT2D eigenvalue weighted by Gasteiger charge is 2.24. The average molecular weight is 421 g/mol. The van der Waals surface area contributed by atoms with E-state index < -0.39 is 5.97 Å². The summed E-state index contributed by atoms with van der Waals surface area (Å²) in [5, 5.41) is 8.53. The number of ether oxygens (including phenoxy) is 1. The molecule has 0 aromatic heterocycles. The third-order valence-corrected chi connectivity index (χ3v) is 5.06. The van der Waals surface area contributed by atoms with Gasteiger partial charge in [0.2, 0.25) is 0 Å². The number of esters is 1. The zero-order chi connectivity index (χ0) is 17.9. The molecule has 0 bridgehead atoms. The van der Waals surface area contributed by atoms with E-state index in [0.29, 0.717) is 5.56 Å². The third kappa shape index (κ3) is 3.97. The Morgan fingerprint density at radius 2 is 1.42 bits per heavy atom. The van der Waals surface area contributed by atoms with Crippen molar-refractivity contribution in [1.29, 1.82) is 5.26 Å². The molecule has 0 N–H and O–H groups in total. The van der Waals surface area contributed by atoms with Crippen molar-refractivity contribution in [1.82, 2.24) is 0 Å². The number of hydrogen-bond donors (Lipinski definition) is 0. The van der Waals surface area contributed by atoms with E-state index in [2.05, 4.69) is 0 Å². The van der Waals surface area contributed by atoms with Gasteiger partial charge in [-0.3, -0.25) is 0 Å². The minimum absolute atomic E-state index is 0.0616. The number of nitriles is 1. The summed E-state index contributed by atoms with van der Waals surface area (Å²) in [7, 11) is 0. The highest BCUT2D eigenvalue weighted by atomic mass is 35.5. The van der Waals surface area contributed by atoms with Crippen LogP contribution in [-0.2, 0) is 4.79 Å². The predicted octanol–water partition coefficient (Wildman–Crippen LogP) is 6.47. The summed E-state index contributed by atoms with van der Waals surface area (Å²) in [5.41, 5.74) is 0.394. The van der Waals surface area contributed by atoms with Crippen molar-refractivity contribution in [2.24, 2.45) is 0 Å². The summed E-state index contributed by atoms with van der Waals surface area (Å²) in [6.45, 7) is 0. The normalized spacial score (nSPS) is 11.1. The van der Waals surface area contributed by atoms with Crippen molar-refractivity contribution < 1.29 is 9.53 Å². The molecule has 0 aliphatic rings. The van der Waals surface area contributed by atoms with Gasteiger partial charge in [0.05, 0.1) is 15.1 Å². The first-order chi connectivity index (χ1) is 11.4. The van der Waals surface area contributed by atoms with Crippen molar-refractivity contribution in [2.45, 2.75) is 0 Å². The van der Waals surface area contributed by atoms with Gasteiger partial charge in [0, 0.05) is 0 Å². The summed E-state index contributed by atoms with van der Waals surface area (Å²) in [6.07, 6.45) is 1.36. The molecule has 0 aliphatic carbocycles. The third-order valence-electron chi connectivity index (χ3n) is 2.82. The zero-order valence-electron chi connectivity index (χ0n) is 11.6. The van der Waals surface area contributed by atoms with Gasteiger partial charge in [-0.15, -0.1) is 0 Å². The van der Waals surface area contributed by atoms with Crippen LogP contribution in [0.25, 0.3) is 6.08 Å². The predicted molar refractivity (Wildman–Crippen MR) is 97.2 cm³/mol. The maximum atomic E-state index is 12.2. The molecule has 0 amide bonds. The molecule has 0 aliphatic heterocycles. The van der Waals surface area contributed by atoms with Crippen LogP contribution in [0.15, 0.2) is 35.9 Å². The second-order valence-electron chi connectivity index (χ2n) is 4.37. The highest BCUT2D eigenvalue weighted by molar-refractivity contribution is 6.55. The molecular formula is C16H6Cl5NO2. The van der Waals surface area contributed by atoms with Gasteiger partial charge < -0.3 is 4.74 Å². The molecule has 2 aromatic rings. The van der Waals surface area contributed by atoms with E-state index in [9.17, 15) is 4.79 Å². The molecule has 122 valence electrons.